The quantitative estimate of drug-likeness (QED) is 0.760. The molecule has 15 heavy (non-hydrogen) atoms. The molecule has 0 unspecified atom stereocenters. The molecule has 0 aliphatic rings. The molecular weight excluding hydrogens is 190 g/mol. The summed E-state index contributed by atoms with van der Waals surface area (Å²) >= 11 is 0. The molecule has 0 aliphatic heterocycles. The molecule has 2 rings (SSSR count). The van der Waals surface area contributed by atoms with Crippen molar-refractivity contribution in [1.82, 2.24) is 4.98 Å². The number of carbonyl (C=O) groups is 1. The van der Waals surface area contributed by atoms with Crippen molar-refractivity contribution in [3.63, 3.8) is 0 Å². The molecule has 2 aromatic rings. The van der Waals surface area contributed by atoms with Crippen molar-refractivity contribution in [2.24, 2.45) is 0 Å². The second-order valence-corrected chi connectivity index (χ2v) is 3.33. The van der Waals surface area contributed by atoms with Gasteiger partial charge in [-0.25, -0.2) is 0 Å². The van der Waals surface area contributed by atoms with E-state index in [0.29, 0.717) is 18.6 Å². The fraction of sp³-hybridized carbons (Fsp3) is 0.167. The lowest BCUT2D eigenvalue weighted by Crippen LogP contribution is -2.05. The molecule has 0 radical (unpaired) electrons. The Labute approximate surface area is 87.8 Å². The highest BCUT2D eigenvalue weighted by Gasteiger charge is 2.06. The van der Waals surface area contributed by atoms with Crippen LogP contribution in [0.5, 0.6) is 0 Å². The highest BCUT2D eigenvalue weighted by atomic mass is 16.3. The van der Waals surface area contributed by atoms with E-state index in [1.807, 2.05) is 18.2 Å². The molecule has 76 valence electrons. The Hall–Kier alpha value is -1.90. The van der Waals surface area contributed by atoms with Crippen LogP contribution in [0.25, 0.3) is 0 Å². The number of hydrogen-bond acceptors (Lipinski definition) is 3. The van der Waals surface area contributed by atoms with Crippen molar-refractivity contribution in [1.29, 1.82) is 0 Å². The Morgan fingerprint density at radius 3 is 2.67 bits per heavy atom. The molecule has 0 saturated carbocycles. The zero-order valence-corrected chi connectivity index (χ0v) is 8.22. The van der Waals surface area contributed by atoms with Crippen molar-refractivity contribution >= 4 is 5.78 Å². The smallest absolute Gasteiger partial charge is 0.144 e. The molecule has 0 saturated heterocycles. The SMILES string of the molecule is O=C(Cc1ccncc1)Cc1ccco1. The van der Waals surface area contributed by atoms with Crippen molar-refractivity contribution in [3.8, 4) is 0 Å². The van der Waals surface area contributed by atoms with Gasteiger partial charge in [0, 0.05) is 18.8 Å². The number of furan rings is 1. The molecular formula is C12H11NO2. The molecule has 0 atom stereocenters. The van der Waals surface area contributed by atoms with Crippen molar-refractivity contribution in [2.75, 3.05) is 0 Å². The minimum absolute atomic E-state index is 0.149. The monoisotopic (exact) mass is 201 g/mol. The topological polar surface area (TPSA) is 43.1 Å². The predicted octanol–water partition coefficient (Wildman–Crippen LogP) is 2.03. The molecule has 2 aromatic heterocycles. The van der Waals surface area contributed by atoms with E-state index in [2.05, 4.69) is 4.98 Å². The van der Waals surface area contributed by atoms with Gasteiger partial charge in [0.25, 0.3) is 0 Å². The van der Waals surface area contributed by atoms with Crippen LogP contribution in [0.2, 0.25) is 0 Å². The van der Waals surface area contributed by atoms with Gasteiger partial charge < -0.3 is 4.42 Å². The van der Waals surface area contributed by atoms with Gasteiger partial charge in [0.15, 0.2) is 0 Å². The van der Waals surface area contributed by atoms with Crippen molar-refractivity contribution in [2.45, 2.75) is 12.8 Å². The normalized spacial score (nSPS) is 10.1. The molecule has 0 fully saturated rings. The maximum Gasteiger partial charge on any atom is 0.144 e. The first-order valence-corrected chi connectivity index (χ1v) is 4.77. The van der Waals surface area contributed by atoms with Crippen LogP contribution in [0.4, 0.5) is 0 Å². The van der Waals surface area contributed by atoms with E-state index in [1.54, 1.807) is 24.7 Å². The van der Waals surface area contributed by atoms with Crippen LogP contribution in [-0.4, -0.2) is 10.8 Å². The molecule has 0 spiro atoms. The standard InChI is InChI=1S/C12H11NO2/c14-11(9-12-2-1-7-15-12)8-10-3-5-13-6-4-10/h1-7H,8-9H2. The van der Waals surface area contributed by atoms with E-state index in [-0.39, 0.29) is 5.78 Å². The molecule has 2 heterocycles. The second-order valence-electron chi connectivity index (χ2n) is 3.33. The van der Waals surface area contributed by atoms with Crippen molar-refractivity contribution in [3.05, 3.63) is 54.2 Å². The van der Waals surface area contributed by atoms with Gasteiger partial charge in [0.1, 0.15) is 11.5 Å². The third-order valence-corrected chi connectivity index (χ3v) is 2.10. The summed E-state index contributed by atoms with van der Waals surface area (Å²) in [6, 6.07) is 7.29. The Bertz CT molecular complexity index is 420. The number of ketones is 1. The summed E-state index contributed by atoms with van der Waals surface area (Å²) in [4.78, 5) is 15.5. The lowest BCUT2D eigenvalue weighted by Gasteiger charge is -1.98. The third-order valence-electron chi connectivity index (χ3n) is 2.10. The Kier molecular flexibility index (Phi) is 2.93. The van der Waals surface area contributed by atoms with E-state index in [9.17, 15) is 4.79 Å². The van der Waals surface area contributed by atoms with Crippen LogP contribution < -0.4 is 0 Å². The summed E-state index contributed by atoms with van der Waals surface area (Å²) < 4.78 is 5.11. The van der Waals surface area contributed by atoms with Gasteiger partial charge >= 0.3 is 0 Å². The number of carbonyl (C=O) groups excluding carboxylic acids is 1. The Morgan fingerprint density at radius 2 is 2.00 bits per heavy atom. The van der Waals surface area contributed by atoms with E-state index in [0.717, 1.165) is 5.56 Å². The zero-order chi connectivity index (χ0) is 10.5. The number of Topliss-reactive ketones (excluding diaryl/α,β-unsaturated/α-hetero) is 1. The van der Waals surface area contributed by atoms with Gasteiger partial charge in [0.2, 0.25) is 0 Å². The fourth-order valence-electron chi connectivity index (χ4n) is 1.40. The number of hydrogen-bond donors (Lipinski definition) is 0. The minimum atomic E-state index is 0.149. The Morgan fingerprint density at radius 1 is 1.20 bits per heavy atom. The second kappa shape index (κ2) is 4.55. The molecule has 3 heteroatoms. The van der Waals surface area contributed by atoms with Gasteiger partial charge in [-0.2, -0.15) is 0 Å². The van der Waals surface area contributed by atoms with E-state index in [4.69, 9.17) is 4.42 Å². The minimum Gasteiger partial charge on any atom is -0.469 e. The van der Waals surface area contributed by atoms with Crippen LogP contribution in [0.3, 0.4) is 0 Å². The lowest BCUT2D eigenvalue weighted by molar-refractivity contribution is -0.118. The molecule has 0 aliphatic carbocycles. The third kappa shape index (κ3) is 2.77. The van der Waals surface area contributed by atoms with E-state index >= 15 is 0 Å². The van der Waals surface area contributed by atoms with Gasteiger partial charge in [-0.3, -0.25) is 9.78 Å². The van der Waals surface area contributed by atoms with Crippen LogP contribution in [0, 0.1) is 0 Å². The van der Waals surface area contributed by atoms with Crippen LogP contribution >= 0.6 is 0 Å². The van der Waals surface area contributed by atoms with Crippen LogP contribution in [0.1, 0.15) is 11.3 Å². The molecule has 3 nitrogen and oxygen atoms in total. The van der Waals surface area contributed by atoms with Crippen LogP contribution in [0.15, 0.2) is 47.3 Å². The fourth-order valence-corrected chi connectivity index (χ4v) is 1.40. The number of rotatable bonds is 4. The van der Waals surface area contributed by atoms with Gasteiger partial charge in [0.05, 0.1) is 12.7 Å². The highest BCUT2D eigenvalue weighted by Crippen LogP contribution is 2.05. The largest absolute Gasteiger partial charge is 0.469 e. The summed E-state index contributed by atoms with van der Waals surface area (Å²) in [5, 5.41) is 0. The predicted molar refractivity (Wildman–Crippen MR) is 55.4 cm³/mol. The van der Waals surface area contributed by atoms with E-state index < -0.39 is 0 Å². The van der Waals surface area contributed by atoms with Crippen LogP contribution in [-0.2, 0) is 17.6 Å². The number of nitrogens with zero attached hydrogens (tertiary/aromatic N) is 1. The average molecular weight is 201 g/mol. The van der Waals surface area contributed by atoms with Gasteiger partial charge in [-0.15, -0.1) is 0 Å². The summed E-state index contributed by atoms with van der Waals surface area (Å²) in [6.07, 6.45) is 5.75. The summed E-state index contributed by atoms with van der Waals surface area (Å²) in [5.74, 6) is 0.866. The summed E-state index contributed by atoms with van der Waals surface area (Å²) in [7, 11) is 0. The highest BCUT2D eigenvalue weighted by molar-refractivity contribution is 5.82. The maximum absolute atomic E-state index is 11.6. The molecule has 0 amide bonds. The molecule has 0 bridgehead atoms. The summed E-state index contributed by atoms with van der Waals surface area (Å²) in [6.45, 7) is 0. The number of pyridine rings is 1. The first-order chi connectivity index (χ1) is 7.34. The zero-order valence-electron chi connectivity index (χ0n) is 8.22. The average Bonchev–Trinajstić information content (AvgIpc) is 2.71. The molecule has 0 aromatic carbocycles. The van der Waals surface area contributed by atoms with Gasteiger partial charge in [-0.1, -0.05) is 0 Å². The van der Waals surface area contributed by atoms with E-state index in [1.165, 1.54) is 0 Å². The number of aromatic nitrogens is 1. The lowest BCUT2D eigenvalue weighted by atomic mass is 10.1. The first-order valence-electron chi connectivity index (χ1n) is 4.77. The Balaban J connectivity index is 1.94. The maximum atomic E-state index is 11.6. The molecule has 0 N–H and O–H groups in total. The van der Waals surface area contributed by atoms with Gasteiger partial charge in [-0.05, 0) is 29.8 Å². The first kappa shape index (κ1) is 9.65. The summed E-state index contributed by atoms with van der Waals surface area (Å²) in [5.41, 5.74) is 0.988. The van der Waals surface area contributed by atoms with Crippen molar-refractivity contribution < 1.29 is 9.21 Å².